The van der Waals surface area contributed by atoms with Crippen molar-refractivity contribution in [1.29, 1.82) is 0 Å². The van der Waals surface area contributed by atoms with Crippen LogP contribution in [0.3, 0.4) is 0 Å². The average Bonchev–Trinajstić information content (AvgIpc) is 2.71. The summed E-state index contributed by atoms with van der Waals surface area (Å²) in [5.41, 5.74) is 2.35. The van der Waals surface area contributed by atoms with Gasteiger partial charge in [-0.05, 0) is 69.6 Å². The number of aromatic nitrogens is 3. The maximum absolute atomic E-state index is 12.7. The summed E-state index contributed by atoms with van der Waals surface area (Å²) in [6.45, 7) is 9.10. The van der Waals surface area contributed by atoms with Crippen molar-refractivity contribution in [1.82, 2.24) is 20.1 Å². The van der Waals surface area contributed by atoms with Crippen LogP contribution >= 0.6 is 15.9 Å². The third kappa shape index (κ3) is 3.99. The standard InChI is InChI=1S/C22H30BrN5O/c1-14-17-10-16(22(17,2)3)11-18(14)27-19-13-26-28(21(29)20(19)23)9-8-25-12-15-4-6-24-7-5-15/h4-7,13-14,16-18,25,27H,8-12H2,1-3H3/t14-,16+,17+,18+/m0/s1. The molecule has 2 bridgehead atoms. The molecule has 0 aromatic carbocycles. The molecule has 3 aliphatic carbocycles. The van der Waals surface area contributed by atoms with Crippen LogP contribution in [0.25, 0.3) is 0 Å². The van der Waals surface area contributed by atoms with Crippen LogP contribution in [-0.2, 0) is 13.1 Å². The SMILES string of the molecule is C[C@H]1[C@H]2C[C@H](C[C@H]1Nc1cnn(CCNCc3ccncc3)c(=O)c1Br)C2(C)C. The third-order valence-corrected chi connectivity index (χ3v) is 8.03. The van der Waals surface area contributed by atoms with Gasteiger partial charge in [0.2, 0.25) is 0 Å². The van der Waals surface area contributed by atoms with Gasteiger partial charge in [0.25, 0.3) is 5.56 Å². The first-order valence-corrected chi connectivity index (χ1v) is 11.3. The molecule has 6 nitrogen and oxygen atoms in total. The predicted octanol–water partition coefficient (Wildman–Crippen LogP) is 3.67. The summed E-state index contributed by atoms with van der Waals surface area (Å²) in [5.74, 6) is 2.14. The minimum atomic E-state index is -0.0883. The topological polar surface area (TPSA) is 71.8 Å². The van der Waals surface area contributed by atoms with Crippen molar-refractivity contribution < 1.29 is 0 Å². The summed E-state index contributed by atoms with van der Waals surface area (Å²) >= 11 is 3.51. The second-order valence-corrected chi connectivity index (χ2v) is 9.93. The van der Waals surface area contributed by atoms with Crippen LogP contribution in [0.4, 0.5) is 5.69 Å². The second-order valence-electron chi connectivity index (χ2n) is 9.14. The number of pyridine rings is 1. The fraction of sp³-hybridized carbons (Fsp3) is 0.591. The molecule has 4 atom stereocenters. The van der Waals surface area contributed by atoms with Crippen LogP contribution in [0.1, 0.15) is 39.2 Å². The highest BCUT2D eigenvalue weighted by Crippen LogP contribution is 2.61. The van der Waals surface area contributed by atoms with E-state index < -0.39 is 0 Å². The summed E-state index contributed by atoms with van der Waals surface area (Å²) in [7, 11) is 0. The summed E-state index contributed by atoms with van der Waals surface area (Å²) in [4.78, 5) is 16.7. The Morgan fingerprint density at radius 1 is 1.28 bits per heavy atom. The van der Waals surface area contributed by atoms with Crippen LogP contribution in [0.15, 0.2) is 40.0 Å². The van der Waals surface area contributed by atoms with E-state index >= 15 is 0 Å². The fourth-order valence-electron chi connectivity index (χ4n) is 5.18. The van der Waals surface area contributed by atoms with Gasteiger partial charge in [0.1, 0.15) is 4.47 Å². The van der Waals surface area contributed by atoms with E-state index in [0.717, 1.165) is 24.1 Å². The van der Waals surface area contributed by atoms with Gasteiger partial charge in [0, 0.05) is 31.5 Å². The van der Waals surface area contributed by atoms with Crippen LogP contribution in [0.5, 0.6) is 0 Å². The molecule has 29 heavy (non-hydrogen) atoms. The van der Waals surface area contributed by atoms with E-state index in [-0.39, 0.29) is 5.56 Å². The Labute approximate surface area is 180 Å². The lowest BCUT2D eigenvalue weighted by molar-refractivity contribution is -0.105. The van der Waals surface area contributed by atoms with E-state index in [0.29, 0.717) is 34.9 Å². The number of anilines is 1. The lowest BCUT2D eigenvalue weighted by Gasteiger charge is -2.62. The molecule has 0 unspecified atom stereocenters. The van der Waals surface area contributed by atoms with E-state index in [9.17, 15) is 4.79 Å². The number of halogens is 1. The zero-order valence-electron chi connectivity index (χ0n) is 17.4. The molecule has 3 aliphatic rings. The third-order valence-electron chi connectivity index (χ3n) is 7.26. The quantitative estimate of drug-likeness (QED) is 0.617. The van der Waals surface area contributed by atoms with Crippen LogP contribution in [-0.4, -0.2) is 27.4 Å². The second kappa shape index (κ2) is 8.19. The maximum atomic E-state index is 12.7. The van der Waals surface area contributed by atoms with E-state index in [4.69, 9.17) is 0 Å². The largest absolute Gasteiger partial charge is 0.380 e. The first kappa shape index (κ1) is 20.5. The molecule has 3 saturated carbocycles. The molecular formula is C22H30BrN5O. The molecule has 7 heteroatoms. The molecule has 0 saturated heterocycles. The molecule has 2 N–H and O–H groups in total. The van der Waals surface area contributed by atoms with Crippen molar-refractivity contribution in [2.45, 2.75) is 52.7 Å². The van der Waals surface area contributed by atoms with Gasteiger partial charge in [-0.3, -0.25) is 9.78 Å². The highest BCUT2D eigenvalue weighted by Gasteiger charge is 2.56. The van der Waals surface area contributed by atoms with E-state index in [2.05, 4.69) is 57.4 Å². The average molecular weight is 460 g/mol. The predicted molar refractivity (Wildman–Crippen MR) is 119 cm³/mol. The van der Waals surface area contributed by atoms with E-state index in [1.807, 2.05) is 12.1 Å². The molecule has 0 aliphatic heterocycles. The smallest absolute Gasteiger partial charge is 0.283 e. The van der Waals surface area contributed by atoms with Gasteiger partial charge in [0.05, 0.1) is 18.4 Å². The Hall–Kier alpha value is -1.73. The number of hydrogen-bond acceptors (Lipinski definition) is 5. The molecule has 2 aromatic rings. The highest BCUT2D eigenvalue weighted by molar-refractivity contribution is 9.10. The van der Waals surface area contributed by atoms with Crippen LogP contribution < -0.4 is 16.2 Å². The van der Waals surface area contributed by atoms with Crippen molar-refractivity contribution >= 4 is 21.6 Å². The molecule has 0 spiro atoms. The van der Waals surface area contributed by atoms with Gasteiger partial charge < -0.3 is 10.6 Å². The number of fused-ring (bicyclic) bond motifs is 2. The van der Waals surface area contributed by atoms with Crippen molar-refractivity contribution in [3.63, 3.8) is 0 Å². The molecule has 0 amide bonds. The van der Waals surface area contributed by atoms with Crippen molar-refractivity contribution in [2.24, 2.45) is 23.2 Å². The first-order chi connectivity index (χ1) is 13.9. The minimum Gasteiger partial charge on any atom is -0.380 e. The van der Waals surface area contributed by atoms with E-state index in [1.54, 1.807) is 18.6 Å². The lowest BCUT2D eigenvalue weighted by atomic mass is 9.45. The normalized spacial score (nSPS) is 27.3. The van der Waals surface area contributed by atoms with Crippen molar-refractivity contribution in [2.75, 3.05) is 11.9 Å². The summed E-state index contributed by atoms with van der Waals surface area (Å²) in [6, 6.07) is 4.36. The molecule has 5 rings (SSSR count). The van der Waals surface area contributed by atoms with Crippen LogP contribution in [0.2, 0.25) is 0 Å². The zero-order chi connectivity index (χ0) is 20.6. The molecular weight excluding hydrogens is 430 g/mol. The Morgan fingerprint density at radius 3 is 2.72 bits per heavy atom. The van der Waals surface area contributed by atoms with Gasteiger partial charge in [-0.25, -0.2) is 4.68 Å². The van der Waals surface area contributed by atoms with Gasteiger partial charge >= 0.3 is 0 Å². The number of nitrogens with one attached hydrogen (secondary N) is 2. The Balaban J connectivity index is 1.35. The molecule has 3 fully saturated rings. The number of nitrogens with zero attached hydrogens (tertiary/aromatic N) is 3. The molecule has 0 radical (unpaired) electrons. The number of rotatable bonds is 7. The lowest BCUT2D eigenvalue weighted by Crippen LogP contribution is -2.58. The molecule has 2 heterocycles. The van der Waals surface area contributed by atoms with Crippen LogP contribution in [0, 0.1) is 23.2 Å². The van der Waals surface area contributed by atoms with Gasteiger partial charge in [0.15, 0.2) is 0 Å². The Bertz CT molecular complexity index is 913. The maximum Gasteiger partial charge on any atom is 0.283 e. The fourth-order valence-corrected chi connectivity index (χ4v) is 5.60. The van der Waals surface area contributed by atoms with Gasteiger partial charge in [-0.1, -0.05) is 20.8 Å². The van der Waals surface area contributed by atoms with Crippen molar-refractivity contribution in [3.05, 3.63) is 51.1 Å². The Kier molecular flexibility index (Phi) is 5.80. The van der Waals surface area contributed by atoms with Gasteiger partial charge in [-0.2, -0.15) is 5.10 Å². The highest BCUT2D eigenvalue weighted by atomic mass is 79.9. The molecule has 2 aromatic heterocycles. The minimum absolute atomic E-state index is 0.0883. The van der Waals surface area contributed by atoms with Gasteiger partial charge in [-0.15, -0.1) is 0 Å². The monoisotopic (exact) mass is 459 g/mol. The van der Waals surface area contributed by atoms with Crippen molar-refractivity contribution in [3.8, 4) is 0 Å². The van der Waals surface area contributed by atoms with E-state index in [1.165, 1.54) is 23.1 Å². The zero-order valence-corrected chi connectivity index (χ0v) is 18.9. The summed E-state index contributed by atoms with van der Waals surface area (Å²) in [5, 5.41) is 11.3. The molecule has 156 valence electrons. The Morgan fingerprint density at radius 2 is 2.03 bits per heavy atom. The summed E-state index contributed by atoms with van der Waals surface area (Å²) < 4.78 is 2.09. The number of hydrogen-bond donors (Lipinski definition) is 2. The first-order valence-electron chi connectivity index (χ1n) is 10.5. The summed E-state index contributed by atoms with van der Waals surface area (Å²) in [6.07, 6.45) is 7.86.